The summed E-state index contributed by atoms with van der Waals surface area (Å²) in [6, 6.07) is 35.8. The zero-order valence-electron chi connectivity index (χ0n) is 51.1. The first-order valence-electron chi connectivity index (χ1n) is 29.6. The molecule has 0 aliphatic carbocycles. The quantitative estimate of drug-likeness (QED) is 0.0708. The van der Waals surface area contributed by atoms with Crippen molar-refractivity contribution in [2.45, 2.75) is 185 Å². The van der Waals surface area contributed by atoms with Gasteiger partial charge in [0, 0.05) is 66.8 Å². The number of aliphatic hydroxyl groups is 1. The Hall–Kier alpha value is -5.26. The van der Waals surface area contributed by atoms with E-state index in [1.807, 2.05) is 67.0 Å². The molecule has 10 heteroatoms. The number of nitrogens with two attached hydrogens (primary N) is 1. The number of aromatic nitrogens is 2. The Labute approximate surface area is 478 Å². The Kier molecular flexibility index (Phi) is 25.4. The van der Waals surface area contributed by atoms with E-state index in [1.165, 1.54) is 53.8 Å². The minimum atomic E-state index is -0.127. The monoisotopic (exact) mass is 1080 g/mol. The third-order valence-corrected chi connectivity index (χ3v) is 15.4. The van der Waals surface area contributed by atoms with E-state index in [9.17, 15) is 0 Å². The van der Waals surface area contributed by atoms with E-state index < -0.39 is 0 Å². The van der Waals surface area contributed by atoms with Crippen LogP contribution in [-0.2, 0) is 19.3 Å². The van der Waals surface area contributed by atoms with Gasteiger partial charge in [0.15, 0.2) is 23.0 Å². The van der Waals surface area contributed by atoms with Crippen LogP contribution in [0.15, 0.2) is 128 Å². The van der Waals surface area contributed by atoms with Crippen molar-refractivity contribution < 1.29 is 24.1 Å². The number of fused-ring (bicyclic) bond motifs is 2. The number of aliphatic hydroxyl groups excluding tert-OH is 1. The van der Waals surface area contributed by atoms with Crippen LogP contribution in [0.4, 0.5) is 0 Å². The van der Waals surface area contributed by atoms with E-state index in [2.05, 4.69) is 178 Å². The van der Waals surface area contributed by atoms with Crippen LogP contribution in [0, 0.1) is 33.5 Å². The maximum absolute atomic E-state index is 8.67. The maximum atomic E-state index is 8.67. The van der Waals surface area contributed by atoms with Gasteiger partial charge in [0.1, 0.15) is 0 Å². The fourth-order valence-corrected chi connectivity index (χ4v) is 12.5. The van der Waals surface area contributed by atoms with Gasteiger partial charge in [-0.15, -0.1) is 0 Å². The number of allylic oxidation sites excluding steroid dienone is 2. The standard InChI is InChI=1S/2C19H22N2O2.C11H24.C11H22.C9H13NO/c2*1-13-16(14-5-8-18-19(10-14)23-12-22-18)11-21-17(13)7-6-15-4-2-3-9-20-15;2*1-7-8-11(5,6)9-10(2,3)4;10-9(7-11)6-8-4-2-1-3-5-8/h2*2-5,8-10,13,16-17,21H,6-7,11-12H2,1H3;7-9H2,1-6H3;7-8H,9H2,1-6H3;1-5,9,11H,6-7,10H2/b;;;8-7+;/t2*13-,16+,17+;;;9-/m11..1/s1. The normalized spacial score (nSPS) is 20.7. The lowest BCUT2D eigenvalue weighted by Gasteiger charge is -2.32. The highest BCUT2D eigenvalue weighted by Crippen LogP contribution is 2.42. The largest absolute Gasteiger partial charge is 0.454 e. The molecule has 10 nitrogen and oxygen atoms in total. The molecule has 5 N–H and O–H groups in total. The van der Waals surface area contributed by atoms with Gasteiger partial charge in [-0.25, -0.2) is 0 Å². The molecule has 4 aliphatic heterocycles. The summed E-state index contributed by atoms with van der Waals surface area (Å²) in [5.41, 5.74) is 13.6. The second-order valence-corrected chi connectivity index (χ2v) is 26.4. The van der Waals surface area contributed by atoms with Crippen molar-refractivity contribution in [2.24, 2.45) is 39.2 Å². The topological polar surface area (TPSA) is 133 Å². The van der Waals surface area contributed by atoms with Crippen LogP contribution < -0.4 is 35.3 Å². The number of benzene rings is 3. The molecule has 3 aromatic carbocycles. The van der Waals surface area contributed by atoms with E-state index in [-0.39, 0.29) is 12.6 Å². The van der Waals surface area contributed by atoms with Gasteiger partial charge in [-0.3, -0.25) is 9.97 Å². The van der Waals surface area contributed by atoms with Crippen molar-refractivity contribution in [1.82, 2.24) is 20.6 Å². The van der Waals surface area contributed by atoms with Crippen LogP contribution in [0.5, 0.6) is 23.0 Å². The van der Waals surface area contributed by atoms with Gasteiger partial charge < -0.3 is 40.4 Å². The summed E-state index contributed by atoms with van der Waals surface area (Å²) in [5, 5.41) is 16.1. The Morgan fingerprint density at radius 3 is 1.48 bits per heavy atom. The van der Waals surface area contributed by atoms with Crippen LogP contribution in [0.1, 0.15) is 175 Å². The minimum Gasteiger partial charge on any atom is -0.454 e. The van der Waals surface area contributed by atoms with E-state index in [1.54, 1.807) is 0 Å². The predicted octanol–water partition coefficient (Wildman–Crippen LogP) is 15.1. The van der Waals surface area contributed by atoms with Crippen molar-refractivity contribution in [3.05, 3.63) is 156 Å². The number of nitrogens with zero attached hydrogens (tertiary/aromatic N) is 2. The summed E-state index contributed by atoms with van der Waals surface area (Å²) in [7, 11) is 0. The molecular formula is C69H103N5O5. The average Bonchev–Trinajstić information content (AvgIpc) is 4.35. The number of hydrogen-bond acceptors (Lipinski definition) is 10. The highest BCUT2D eigenvalue weighted by molar-refractivity contribution is 5.47. The van der Waals surface area contributed by atoms with E-state index in [0.29, 0.717) is 71.0 Å². The van der Waals surface area contributed by atoms with Gasteiger partial charge in [0.05, 0.1) is 6.61 Å². The number of aryl methyl sites for hydroxylation is 2. The van der Waals surface area contributed by atoms with Gasteiger partial charge in [-0.2, -0.15) is 0 Å². The lowest BCUT2D eigenvalue weighted by molar-refractivity contribution is 0.173. The van der Waals surface area contributed by atoms with E-state index in [4.69, 9.17) is 29.8 Å². The van der Waals surface area contributed by atoms with Crippen molar-refractivity contribution in [2.75, 3.05) is 33.3 Å². The molecule has 6 heterocycles. The summed E-state index contributed by atoms with van der Waals surface area (Å²) in [6.07, 6.45) is 18.4. The molecule has 434 valence electrons. The Balaban J connectivity index is 0.000000192. The number of rotatable bonds is 16. The van der Waals surface area contributed by atoms with Gasteiger partial charge in [-0.05, 0) is 157 Å². The van der Waals surface area contributed by atoms with E-state index in [0.717, 1.165) is 68.2 Å². The fourth-order valence-electron chi connectivity index (χ4n) is 12.5. The molecule has 2 saturated heterocycles. The molecule has 79 heavy (non-hydrogen) atoms. The van der Waals surface area contributed by atoms with Gasteiger partial charge in [-0.1, -0.05) is 163 Å². The highest BCUT2D eigenvalue weighted by Gasteiger charge is 2.35. The summed E-state index contributed by atoms with van der Waals surface area (Å²) < 4.78 is 21.8. The molecule has 0 unspecified atom stereocenters. The molecule has 5 aromatic rings. The zero-order valence-corrected chi connectivity index (χ0v) is 51.1. The van der Waals surface area contributed by atoms with E-state index >= 15 is 0 Å². The molecule has 2 aromatic heterocycles. The third-order valence-electron chi connectivity index (χ3n) is 15.4. The molecule has 0 spiro atoms. The number of nitrogens with one attached hydrogen (secondary N) is 2. The van der Waals surface area contributed by atoms with Gasteiger partial charge in [0.25, 0.3) is 0 Å². The Morgan fingerprint density at radius 2 is 1.08 bits per heavy atom. The highest BCUT2D eigenvalue weighted by atomic mass is 16.7. The average molecular weight is 1080 g/mol. The summed E-state index contributed by atoms with van der Waals surface area (Å²) in [5.74, 6) is 5.73. The fraction of sp³-hybridized carbons (Fsp3) is 0.565. The molecule has 7 atom stereocenters. The number of pyridine rings is 2. The summed E-state index contributed by atoms with van der Waals surface area (Å²) in [4.78, 5) is 8.85. The van der Waals surface area contributed by atoms with Gasteiger partial charge in [0.2, 0.25) is 13.6 Å². The third kappa shape index (κ3) is 22.7. The van der Waals surface area contributed by atoms with Crippen molar-refractivity contribution in [1.29, 1.82) is 0 Å². The molecule has 4 aliphatic rings. The summed E-state index contributed by atoms with van der Waals surface area (Å²) >= 11 is 0. The van der Waals surface area contributed by atoms with Crippen molar-refractivity contribution in [3.8, 4) is 23.0 Å². The van der Waals surface area contributed by atoms with Crippen LogP contribution >= 0.6 is 0 Å². The van der Waals surface area contributed by atoms with Crippen molar-refractivity contribution in [3.63, 3.8) is 0 Å². The van der Waals surface area contributed by atoms with Crippen molar-refractivity contribution >= 4 is 0 Å². The van der Waals surface area contributed by atoms with Crippen LogP contribution in [0.2, 0.25) is 0 Å². The Morgan fingerprint density at radius 1 is 0.620 bits per heavy atom. The number of hydrogen-bond donors (Lipinski definition) is 4. The molecule has 9 rings (SSSR count). The first kappa shape index (κ1) is 64.6. The molecule has 0 radical (unpaired) electrons. The second-order valence-electron chi connectivity index (χ2n) is 26.4. The maximum Gasteiger partial charge on any atom is 0.231 e. The zero-order chi connectivity index (χ0) is 57.6. The van der Waals surface area contributed by atoms with Crippen LogP contribution in [-0.4, -0.2) is 66.5 Å². The van der Waals surface area contributed by atoms with Gasteiger partial charge >= 0.3 is 0 Å². The molecule has 2 fully saturated rings. The smallest absolute Gasteiger partial charge is 0.231 e. The first-order chi connectivity index (χ1) is 37.5. The summed E-state index contributed by atoms with van der Waals surface area (Å²) in [6.45, 7) is 35.0. The van der Waals surface area contributed by atoms with Crippen LogP contribution in [0.3, 0.4) is 0 Å². The minimum absolute atomic E-state index is 0.0505. The second kappa shape index (κ2) is 31.1. The molecule has 0 bridgehead atoms. The lowest BCUT2D eigenvalue weighted by atomic mass is 9.74. The molecular weight excluding hydrogens is 979 g/mol. The first-order valence-corrected chi connectivity index (χ1v) is 29.6. The van der Waals surface area contributed by atoms with Crippen LogP contribution in [0.25, 0.3) is 0 Å². The molecule has 0 amide bonds. The number of ether oxygens (including phenoxy) is 4. The molecule has 0 saturated carbocycles. The Bertz CT molecular complexity index is 2400. The predicted molar refractivity (Wildman–Crippen MR) is 328 cm³/mol. The lowest BCUT2D eigenvalue weighted by Crippen LogP contribution is -2.26. The SMILES string of the molecule is C/C=C/C(C)(C)CC(C)(C)C.CCCC(C)(C)CC(C)(C)C.C[C@H]1[C@H](CCc2ccccn2)NC[C@@H]1c1ccc2c(c1)OCO2.C[C@H]1[C@H](CCc2ccccn2)NC[C@@H]1c1ccc2c(c1)OCO2.N[C@@H](CO)Cc1ccccc1.